The van der Waals surface area contributed by atoms with Gasteiger partial charge >= 0.3 is 12.0 Å². The monoisotopic (exact) mass is 868 g/mol. The highest BCUT2D eigenvalue weighted by Gasteiger charge is 2.44. The van der Waals surface area contributed by atoms with Gasteiger partial charge in [0.1, 0.15) is 18.1 Å². The van der Waals surface area contributed by atoms with E-state index in [1.165, 1.54) is 16.3 Å². The molecule has 332 valence electrons. The number of esters is 1. The second-order valence-corrected chi connectivity index (χ2v) is 19.1. The van der Waals surface area contributed by atoms with Crippen LogP contribution in [0, 0.1) is 11.3 Å². The summed E-state index contributed by atoms with van der Waals surface area (Å²) in [4.78, 5) is 70.0. The van der Waals surface area contributed by atoms with E-state index >= 15 is 0 Å². The van der Waals surface area contributed by atoms with Gasteiger partial charge in [-0.2, -0.15) is 0 Å². The van der Waals surface area contributed by atoms with Crippen molar-refractivity contribution in [1.82, 2.24) is 40.1 Å². The van der Waals surface area contributed by atoms with Crippen LogP contribution in [0.15, 0.2) is 41.9 Å². The van der Waals surface area contributed by atoms with Crippen molar-refractivity contribution >= 4 is 46.1 Å². The fraction of sp³-hybridized carbons (Fsp3) is 0.565. The Bertz CT molecular complexity index is 2320. The molecule has 15 nitrogen and oxygen atoms in total. The molecule has 0 saturated carbocycles. The fourth-order valence-corrected chi connectivity index (χ4v) is 10.4. The van der Waals surface area contributed by atoms with Crippen molar-refractivity contribution in [3.8, 4) is 22.5 Å². The summed E-state index contributed by atoms with van der Waals surface area (Å²) in [7, 11) is 1.69. The summed E-state index contributed by atoms with van der Waals surface area (Å²) in [5, 5.41) is 8.25. The Morgan fingerprint density at radius 2 is 1.94 bits per heavy atom. The smallest absolute Gasteiger partial charge is 0.324 e. The number of nitrogens with one attached hydrogen (secondary N) is 2. The Hall–Kier alpha value is -4.90. The van der Waals surface area contributed by atoms with E-state index in [0.29, 0.717) is 63.7 Å². The number of hydrazine groups is 1. The molecule has 62 heavy (non-hydrogen) atoms. The number of carbonyl (C=O) groups is 4. The Morgan fingerprint density at radius 3 is 2.68 bits per heavy atom. The van der Waals surface area contributed by atoms with Gasteiger partial charge in [-0.15, -0.1) is 11.3 Å². The maximum Gasteiger partial charge on any atom is 0.324 e. The number of hydrogen-bond donors (Lipinski definition) is 2. The maximum absolute atomic E-state index is 14.6. The van der Waals surface area contributed by atoms with E-state index in [2.05, 4.69) is 60.3 Å². The molecule has 3 saturated heterocycles. The van der Waals surface area contributed by atoms with E-state index in [9.17, 15) is 19.2 Å². The quantitative estimate of drug-likeness (QED) is 0.198. The van der Waals surface area contributed by atoms with Crippen LogP contribution in [-0.4, -0.2) is 124 Å². The standard InChI is InChI=1S/C46H60N8O7S/c1-8-51-37-14-13-29-21-32(37)33(41(51)31-11-9-16-47-39(31)28(4)59-7)23-46(5,6)26-61-44(57)34-12-10-17-54(50-34)43(56)35(22-38-48-36(29)25-62-38)49-42(55)40(27(2)3)53-19-18-52(45(53)58)30-15-20-60-24-30/h9,11,13-14,16,21,25,27-28,30,34-35,40,50H,8,10,12,15,17-20,22-24,26H2,1-7H3,(H,49,55)/t28-,30-,34-,35-,40?/m0/s1. The zero-order chi connectivity index (χ0) is 43.9. The van der Waals surface area contributed by atoms with E-state index in [-0.39, 0.29) is 43.0 Å². The van der Waals surface area contributed by atoms with Gasteiger partial charge in [-0.1, -0.05) is 33.8 Å². The van der Waals surface area contributed by atoms with Crippen LogP contribution in [-0.2, 0) is 48.0 Å². The highest BCUT2D eigenvalue weighted by molar-refractivity contribution is 7.10. The van der Waals surface area contributed by atoms with Crippen molar-refractivity contribution in [3.05, 3.63) is 58.2 Å². The molecule has 1 unspecified atom stereocenters. The van der Waals surface area contributed by atoms with Crippen molar-refractivity contribution in [1.29, 1.82) is 0 Å². The highest BCUT2D eigenvalue weighted by Crippen LogP contribution is 2.42. The molecule has 1 aromatic carbocycles. The summed E-state index contributed by atoms with van der Waals surface area (Å²) in [6, 6.07) is 7.68. The number of carbonyl (C=O) groups excluding carboxylic acids is 4. The second-order valence-electron chi connectivity index (χ2n) is 18.1. The molecule has 7 heterocycles. The molecule has 5 atom stereocenters. The van der Waals surface area contributed by atoms with E-state index in [4.69, 9.17) is 24.2 Å². The molecule has 3 aromatic heterocycles. The predicted molar refractivity (Wildman–Crippen MR) is 236 cm³/mol. The van der Waals surface area contributed by atoms with Crippen molar-refractivity contribution in [2.45, 2.75) is 110 Å². The molecule has 2 N–H and O–H groups in total. The Labute approximate surface area is 367 Å². The zero-order valence-electron chi connectivity index (χ0n) is 36.9. The molecule has 0 radical (unpaired) electrons. The lowest BCUT2D eigenvalue weighted by molar-refractivity contribution is -0.155. The number of aromatic nitrogens is 3. The molecule has 3 fully saturated rings. The third-order valence-corrected chi connectivity index (χ3v) is 13.7. The molecule has 4 aromatic rings. The van der Waals surface area contributed by atoms with Crippen LogP contribution in [0.5, 0.6) is 0 Å². The molecular weight excluding hydrogens is 809 g/mol. The van der Waals surface area contributed by atoms with Gasteiger partial charge in [0, 0.05) is 85.3 Å². The van der Waals surface area contributed by atoms with Crippen LogP contribution in [0.1, 0.15) is 83.2 Å². The third kappa shape index (κ3) is 8.58. The first kappa shape index (κ1) is 43.7. The summed E-state index contributed by atoms with van der Waals surface area (Å²) in [6.07, 6.45) is 4.08. The SMILES string of the molecule is CCn1c(-c2cccnc2[C@H](C)OC)c2c3cc(ccc31)-c1csc(n1)C[C@H](NC(=O)C(C(C)C)N1CCN([C@H]3CCOC3)C1=O)C(=O)N1CCC[C@H](N1)C(=O)OCC(C)(C)C2. The lowest BCUT2D eigenvalue weighted by Crippen LogP contribution is -2.62. The summed E-state index contributed by atoms with van der Waals surface area (Å²) in [5.41, 5.74) is 9.41. The number of methoxy groups -OCH3 is 1. The molecule has 4 aliphatic heterocycles. The minimum atomic E-state index is -1.03. The number of thiazole rings is 1. The van der Waals surface area contributed by atoms with Gasteiger partial charge in [-0.3, -0.25) is 24.4 Å². The minimum absolute atomic E-state index is 0.0126. The summed E-state index contributed by atoms with van der Waals surface area (Å²) in [6.45, 7) is 15.4. The Morgan fingerprint density at radius 1 is 1.11 bits per heavy atom. The average Bonchev–Trinajstić information content (AvgIpc) is 4.09. The lowest BCUT2D eigenvalue weighted by Gasteiger charge is -2.36. The highest BCUT2D eigenvalue weighted by atomic mass is 32.1. The van der Waals surface area contributed by atoms with E-state index in [0.717, 1.165) is 51.1 Å². The second kappa shape index (κ2) is 18.1. The molecule has 0 aliphatic carbocycles. The topological polar surface area (TPSA) is 160 Å². The maximum atomic E-state index is 14.6. The molecule has 6 bridgehead atoms. The molecule has 8 rings (SSSR count). The molecule has 0 spiro atoms. The summed E-state index contributed by atoms with van der Waals surface area (Å²) < 4.78 is 19.8. The van der Waals surface area contributed by atoms with Crippen LogP contribution in [0.4, 0.5) is 4.79 Å². The number of hydrogen-bond acceptors (Lipinski definition) is 11. The molecule has 16 heteroatoms. The first-order chi connectivity index (χ1) is 29.8. The molecule has 4 aliphatic rings. The first-order valence-corrected chi connectivity index (χ1v) is 22.9. The number of fused-ring (bicyclic) bond motifs is 6. The molecular formula is C46H60N8O7S. The number of aryl methyl sites for hydroxylation is 1. The number of nitrogens with zero attached hydrogens (tertiary/aromatic N) is 6. The predicted octanol–water partition coefficient (Wildman–Crippen LogP) is 5.75. The van der Waals surface area contributed by atoms with Crippen molar-refractivity contribution < 1.29 is 33.4 Å². The number of amides is 4. The lowest BCUT2D eigenvalue weighted by atomic mass is 9.84. The average molecular weight is 869 g/mol. The van der Waals surface area contributed by atoms with E-state index in [1.54, 1.807) is 18.2 Å². The Kier molecular flexibility index (Phi) is 12.7. The van der Waals surface area contributed by atoms with Gasteiger partial charge in [0.15, 0.2) is 0 Å². The van der Waals surface area contributed by atoms with Crippen molar-refractivity contribution in [2.24, 2.45) is 11.3 Å². The number of benzene rings is 1. The van der Waals surface area contributed by atoms with Crippen LogP contribution >= 0.6 is 11.3 Å². The molecule has 4 amide bonds. The van der Waals surface area contributed by atoms with Crippen LogP contribution in [0.3, 0.4) is 0 Å². The largest absolute Gasteiger partial charge is 0.464 e. The van der Waals surface area contributed by atoms with Crippen LogP contribution < -0.4 is 10.7 Å². The Balaban J connectivity index is 1.18. The number of cyclic esters (lactones) is 1. The summed E-state index contributed by atoms with van der Waals surface area (Å²) in [5.74, 6) is -1.46. The minimum Gasteiger partial charge on any atom is -0.464 e. The van der Waals surface area contributed by atoms with Crippen LogP contribution in [0.25, 0.3) is 33.4 Å². The summed E-state index contributed by atoms with van der Waals surface area (Å²) >= 11 is 1.43. The third-order valence-electron chi connectivity index (χ3n) is 12.8. The van der Waals surface area contributed by atoms with Gasteiger partial charge in [0.25, 0.3) is 5.91 Å². The normalized spacial score (nSPS) is 23.2. The number of urea groups is 1. The number of pyridine rings is 1. The van der Waals surface area contributed by atoms with Crippen molar-refractivity contribution in [2.75, 3.05) is 46.6 Å². The number of rotatable bonds is 9. The van der Waals surface area contributed by atoms with Crippen LogP contribution in [0.2, 0.25) is 0 Å². The van der Waals surface area contributed by atoms with E-state index < -0.39 is 35.4 Å². The van der Waals surface area contributed by atoms with Gasteiger partial charge in [0.2, 0.25) is 5.91 Å². The van der Waals surface area contributed by atoms with Gasteiger partial charge in [-0.25, -0.2) is 15.2 Å². The first-order valence-electron chi connectivity index (χ1n) is 22.1. The number of ether oxygens (including phenoxy) is 3. The zero-order valence-corrected chi connectivity index (χ0v) is 37.8. The van der Waals surface area contributed by atoms with E-state index in [1.807, 2.05) is 37.1 Å². The fourth-order valence-electron chi connectivity index (χ4n) is 9.56. The van der Waals surface area contributed by atoms with Gasteiger partial charge in [-0.05, 0) is 75.3 Å². The van der Waals surface area contributed by atoms with Gasteiger partial charge < -0.3 is 33.9 Å². The van der Waals surface area contributed by atoms with Gasteiger partial charge in [0.05, 0.1) is 47.4 Å². The van der Waals surface area contributed by atoms with Crippen molar-refractivity contribution in [3.63, 3.8) is 0 Å².